The number of ether oxygens (including phenoxy) is 2. The summed E-state index contributed by atoms with van der Waals surface area (Å²) in [6.45, 7) is 7.58. The molecule has 170 valence electrons. The Morgan fingerprint density at radius 2 is 1.62 bits per heavy atom. The molecule has 3 heterocycles. The lowest BCUT2D eigenvalue weighted by Gasteiger charge is -2.28. The number of rotatable bonds is 4. The summed E-state index contributed by atoms with van der Waals surface area (Å²) >= 11 is 3.24. The van der Waals surface area contributed by atoms with Crippen LogP contribution in [0.5, 0.6) is 0 Å². The van der Waals surface area contributed by atoms with Gasteiger partial charge in [-0.15, -0.1) is 0 Å². The van der Waals surface area contributed by atoms with Gasteiger partial charge in [0.25, 0.3) is 0 Å². The minimum atomic E-state index is -0.686. The van der Waals surface area contributed by atoms with E-state index in [9.17, 15) is 9.59 Å². The Bertz CT molecular complexity index is 1050. The number of hydrogen-bond acceptors (Lipinski definition) is 7. The van der Waals surface area contributed by atoms with Gasteiger partial charge in [-0.3, -0.25) is 0 Å². The van der Waals surface area contributed by atoms with Crippen molar-refractivity contribution in [2.75, 3.05) is 13.7 Å². The summed E-state index contributed by atoms with van der Waals surface area (Å²) in [6, 6.07) is 11.9. The van der Waals surface area contributed by atoms with E-state index in [2.05, 4.69) is 50.8 Å². The highest BCUT2D eigenvalue weighted by Crippen LogP contribution is 2.40. The predicted molar refractivity (Wildman–Crippen MR) is 123 cm³/mol. The maximum Gasteiger partial charge on any atom is 0.336 e. The Labute approximate surface area is 196 Å². The van der Waals surface area contributed by atoms with E-state index < -0.39 is 17.9 Å². The lowest BCUT2D eigenvalue weighted by Crippen LogP contribution is -2.32. The van der Waals surface area contributed by atoms with Gasteiger partial charge >= 0.3 is 11.9 Å². The van der Waals surface area contributed by atoms with Gasteiger partial charge in [0.1, 0.15) is 5.76 Å². The van der Waals surface area contributed by atoms with Gasteiger partial charge < -0.3 is 24.5 Å². The van der Waals surface area contributed by atoms with Gasteiger partial charge in [-0.05, 0) is 60.0 Å². The van der Waals surface area contributed by atoms with E-state index in [0.717, 1.165) is 13.1 Å². The average molecular weight is 503 g/mol. The van der Waals surface area contributed by atoms with E-state index in [1.54, 1.807) is 32.9 Å². The van der Waals surface area contributed by atoms with Crippen molar-refractivity contribution in [2.24, 2.45) is 0 Å². The molecule has 0 radical (unpaired) electrons. The summed E-state index contributed by atoms with van der Waals surface area (Å²) in [5, 5.41) is 6.33. The van der Waals surface area contributed by atoms with E-state index in [-0.39, 0.29) is 6.61 Å². The molecule has 32 heavy (non-hydrogen) atoms. The highest BCUT2D eigenvalue weighted by molar-refractivity contribution is 9.10. The first-order valence-electron chi connectivity index (χ1n) is 10.3. The number of carbonyl (C=O) groups excluding carboxylic acids is 2. The van der Waals surface area contributed by atoms with E-state index in [4.69, 9.17) is 13.9 Å². The van der Waals surface area contributed by atoms with E-state index >= 15 is 0 Å². The van der Waals surface area contributed by atoms with Gasteiger partial charge in [-0.25, -0.2) is 9.59 Å². The average Bonchev–Trinajstić information content (AvgIpc) is 3.42. The number of methoxy groups -OCH3 is 1. The molecule has 2 aliphatic heterocycles. The van der Waals surface area contributed by atoms with Crippen LogP contribution in [0.3, 0.4) is 0 Å². The topological polar surface area (TPSA) is 89.8 Å². The molecule has 1 aromatic carbocycles. The maximum atomic E-state index is 12.4. The van der Waals surface area contributed by atoms with Gasteiger partial charge in [0.05, 0.1) is 30.8 Å². The minimum absolute atomic E-state index is 0.237. The van der Waals surface area contributed by atoms with Crippen molar-refractivity contribution in [1.82, 2.24) is 10.6 Å². The number of carbonyl (C=O) groups is 2. The molecule has 1 atom stereocenters. The molecule has 0 fully saturated rings. The van der Waals surface area contributed by atoms with Crippen LogP contribution in [0, 0.1) is 0 Å². The molecule has 8 heteroatoms. The maximum absolute atomic E-state index is 12.4. The van der Waals surface area contributed by atoms with Crippen molar-refractivity contribution in [3.05, 3.63) is 80.5 Å². The van der Waals surface area contributed by atoms with Crippen molar-refractivity contribution >= 4 is 27.9 Å². The lowest BCUT2D eigenvalue weighted by atomic mass is 9.83. The summed E-state index contributed by atoms with van der Waals surface area (Å²) in [7, 11) is 1.30. The van der Waals surface area contributed by atoms with Gasteiger partial charge in [0, 0.05) is 24.5 Å². The summed E-state index contributed by atoms with van der Waals surface area (Å²) in [4.78, 5) is 24.7. The van der Waals surface area contributed by atoms with Gasteiger partial charge in [-0.1, -0.05) is 24.3 Å². The monoisotopic (exact) mass is 502 g/mol. The Kier molecular flexibility index (Phi) is 7.93. The number of benzene rings is 1. The molecule has 0 aliphatic carbocycles. The number of furan rings is 1. The Hall–Kier alpha value is -2.84. The molecule has 2 aliphatic rings. The first-order chi connectivity index (χ1) is 15.4. The quantitative estimate of drug-likeness (QED) is 0.602. The van der Waals surface area contributed by atoms with Crippen molar-refractivity contribution < 1.29 is 23.5 Å². The summed E-state index contributed by atoms with van der Waals surface area (Å²) in [5.74, 6) is -1.25. The number of dihydropyridines is 1. The summed E-state index contributed by atoms with van der Waals surface area (Å²) in [5.41, 5.74) is 4.80. The molecule has 2 aromatic rings. The third-order valence-electron chi connectivity index (χ3n) is 5.29. The lowest BCUT2D eigenvalue weighted by molar-refractivity contribution is -0.139. The standard InChI is InChI=1S/C16H18BrNO5.C8H9N/c1-5-22-16(20)13-9(3)18-8(2)12(15(19)21-4)14(13)10-6-7-11(17)23-10;1-2-4-8-6-9-5-7(8)3-1/h6-7,14,18H,5H2,1-4H3;1-4,9H,5-6H2. The molecule has 0 amide bonds. The van der Waals surface area contributed by atoms with E-state index in [1.807, 2.05) is 0 Å². The van der Waals surface area contributed by atoms with Gasteiger partial charge in [0.15, 0.2) is 4.67 Å². The Morgan fingerprint density at radius 3 is 2.12 bits per heavy atom. The van der Waals surface area contributed by atoms with Crippen LogP contribution in [-0.4, -0.2) is 25.7 Å². The second kappa shape index (κ2) is 10.7. The van der Waals surface area contributed by atoms with Crippen molar-refractivity contribution in [3.63, 3.8) is 0 Å². The zero-order chi connectivity index (χ0) is 23.3. The van der Waals surface area contributed by atoms with Gasteiger partial charge in [0.2, 0.25) is 0 Å². The third-order valence-corrected chi connectivity index (χ3v) is 5.72. The largest absolute Gasteiger partial charge is 0.466 e. The Morgan fingerprint density at radius 1 is 1.03 bits per heavy atom. The molecule has 0 saturated heterocycles. The van der Waals surface area contributed by atoms with Crippen molar-refractivity contribution in [2.45, 2.75) is 39.8 Å². The van der Waals surface area contributed by atoms with Crippen LogP contribution >= 0.6 is 15.9 Å². The second-order valence-corrected chi connectivity index (χ2v) is 8.14. The zero-order valence-corrected chi connectivity index (χ0v) is 20.2. The molecule has 7 nitrogen and oxygen atoms in total. The molecule has 1 aromatic heterocycles. The smallest absolute Gasteiger partial charge is 0.336 e. The Balaban J connectivity index is 0.000000264. The molecular formula is C24H27BrN2O5. The summed E-state index contributed by atoms with van der Waals surface area (Å²) < 4.78 is 16.1. The minimum Gasteiger partial charge on any atom is -0.466 e. The number of hydrogen-bond donors (Lipinski definition) is 2. The second-order valence-electron chi connectivity index (χ2n) is 7.36. The summed E-state index contributed by atoms with van der Waals surface area (Å²) in [6.07, 6.45) is 0. The molecule has 4 rings (SSSR count). The molecule has 2 N–H and O–H groups in total. The van der Waals surface area contributed by atoms with Crippen LogP contribution in [0.4, 0.5) is 0 Å². The zero-order valence-electron chi connectivity index (χ0n) is 18.6. The SMILES string of the molecule is CCOC(=O)C1=C(C)NC(C)=C(C(=O)OC)C1c1ccc(Br)o1.c1ccc2c(c1)CNC2. The van der Waals surface area contributed by atoms with Crippen LogP contribution in [-0.2, 0) is 32.2 Å². The molecule has 1 unspecified atom stereocenters. The fraction of sp³-hybridized carbons (Fsp3) is 0.333. The predicted octanol–water partition coefficient (Wildman–Crippen LogP) is 4.30. The number of halogens is 1. The number of allylic oxidation sites excluding steroid dienone is 2. The molecular weight excluding hydrogens is 476 g/mol. The van der Waals surface area contributed by atoms with E-state index in [1.165, 1.54) is 18.2 Å². The first kappa shape index (κ1) is 23.8. The first-order valence-corrected chi connectivity index (χ1v) is 11.1. The highest BCUT2D eigenvalue weighted by atomic mass is 79.9. The van der Waals surface area contributed by atoms with Crippen LogP contribution < -0.4 is 10.6 Å². The fourth-order valence-electron chi connectivity index (χ4n) is 3.86. The fourth-order valence-corrected chi connectivity index (χ4v) is 4.18. The molecule has 0 saturated carbocycles. The molecule has 0 bridgehead atoms. The van der Waals surface area contributed by atoms with Gasteiger partial charge in [-0.2, -0.15) is 0 Å². The number of fused-ring (bicyclic) bond motifs is 1. The van der Waals surface area contributed by atoms with Crippen molar-refractivity contribution in [3.8, 4) is 0 Å². The van der Waals surface area contributed by atoms with E-state index in [0.29, 0.717) is 33.0 Å². The number of nitrogens with one attached hydrogen (secondary N) is 2. The highest BCUT2D eigenvalue weighted by Gasteiger charge is 2.39. The third kappa shape index (κ3) is 5.14. The number of esters is 2. The van der Waals surface area contributed by atoms with Crippen LogP contribution in [0.2, 0.25) is 0 Å². The van der Waals surface area contributed by atoms with Crippen molar-refractivity contribution in [1.29, 1.82) is 0 Å². The normalized spacial score (nSPS) is 17.2. The van der Waals surface area contributed by atoms with Crippen LogP contribution in [0.25, 0.3) is 0 Å². The van der Waals surface area contributed by atoms with Crippen LogP contribution in [0.1, 0.15) is 43.6 Å². The molecule has 0 spiro atoms. The van der Waals surface area contributed by atoms with Crippen LogP contribution in [0.15, 0.2) is 68.0 Å².